The molecule has 0 bridgehead atoms. The van der Waals surface area contributed by atoms with Crippen LogP contribution in [-0.2, 0) is 4.74 Å². The summed E-state index contributed by atoms with van der Waals surface area (Å²) in [6.07, 6.45) is 0. The molecule has 1 aromatic heterocycles. The molecule has 2 heterocycles. The van der Waals surface area contributed by atoms with Crippen LogP contribution >= 0.6 is 35.2 Å². The van der Waals surface area contributed by atoms with Crippen LogP contribution in [0.4, 0.5) is 10.8 Å². The molecule has 2 aromatic carbocycles. The van der Waals surface area contributed by atoms with Gasteiger partial charge in [0, 0.05) is 24.3 Å². The van der Waals surface area contributed by atoms with E-state index in [0.29, 0.717) is 28.1 Å². The molecule has 0 saturated carbocycles. The maximum atomic E-state index is 12.5. The Morgan fingerprint density at radius 2 is 2.10 bits per heavy atom. The Morgan fingerprint density at radius 1 is 1.29 bits per heavy atom. The maximum absolute atomic E-state index is 12.5. The summed E-state index contributed by atoms with van der Waals surface area (Å²) in [5.41, 5.74) is 2.41. The van der Waals surface area contributed by atoms with E-state index in [-0.39, 0.29) is 11.0 Å². The topological polar surface area (TPSA) is 75.7 Å². The Bertz CT molecular complexity index is 1120. The predicted octanol–water partition coefficient (Wildman–Crippen LogP) is 4.31. The number of nitrogens with one attached hydrogen (secondary N) is 2. The molecule has 31 heavy (non-hydrogen) atoms. The summed E-state index contributed by atoms with van der Waals surface area (Å²) in [5, 5.41) is 6.81. The normalized spacial score (nSPS) is 13.8. The fraction of sp³-hybridized carbons (Fsp3) is 0.286. The minimum atomic E-state index is -0.363. The fourth-order valence-electron chi connectivity index (χ4n) is 3.20. The van der Waals surface area contributed by atoms with Gasteiger partial charge in [-0.25, -0.2) is 4.98 Å². The van der Waals surface area contributed by atoms with Crippen LogP contribution in [0.25, 0.3) is 10.2 Å². The second-order valence-electron chi connectivity index (χ2n) is 6.76. The first kappa shape index (κ1) is 21.8. The first-order valence-corrected chi connectivity index (χ1v) is 11.4. The lowest BCUT2D eigenvalue weighted by Gasteiger charge is -2.28. The highest BCUT2D eigenvalue weighted by Gasteiger charge is 2.15. The molecule has 1 saturated heterocycles. The third-order valence-corrected chi connectivity index (χ3v) is 6.12. The molecule has 1 aliphatic rings. The zero-order chi connectivity index (χ0) is 21.8. The van der Waals surface area contributed by atoms with Gasteiger partial charge in [-0.15, -0.1) is 0 Å². The van der Waals surface area contributed by atoms with Gasteiger partial charge in [0.05, 0.1) is 35.1 Å². The molecule has 2 N–H and O–H groups in total. The van der Waals surface area contributed by atoms with Crippen molar-refractivity contribution in [3.05, 3.63) is 47.0 Å². The van der Waals surface area contributed by atoms with E-state index >= 15 is 0 Å². The van der Waals surface area contributed by atoms with Crippen molar-refractivity contribution in [3.8, 4) is 5.75 Å². The minimum absolute atomic E-state index is 0.169. The average molecular weight is 477 g/mol. The number of thiocarbonyl (C=S) groups is 1. The van der Waals surface area contributed by atoms with Crippen LogP contribution in [0.3, 0.4) is 0 Å². The Morgan fingerprint density at radius 3 is 2.84 bits per heavy atom. The fourth-order valence-corrected chi connectivity index (χ4v) is 4.60. The van der Waals surface area contributed by atoms with Crippen molar-refractivity contribution in [1.82, 2.24) is 10.3 Å². The number of morpholine rings is 1. The molecule has 1 fully saturated rings. The van der Waals surface area contributed by atoms with E-state index in [1.165, 1.54) is 11.3 Å². The highest BCUT2D eigenvalue weighted by atomic mass is 35.5. The number of thiazole rings is 1. The lowest BCUT2D eigenvalue weighted by Crippen LogP contribution is -2.36. The van der Waals surface area contributed by atoms with Gasteiger partial charge in [0.1, 0.15) is 5.75 Å². The van der Waals surface area contributed by atoms with Crippen molar-refractivity contribution in [3.63, 3.8) is 0 Å². The molecule has 4 rings (SSSR count). The molecule has 10 heteroatoms. The number of carbonyl (C=O) groups is 1. The quantitative estimate of drug-likeness (QED) is 0.531. The molecule has 162 valence electrons. The zero-order valence-corrected chi connectivity index (χ0v) is 19.2. The van der Waals surface area contributed by atoms with Crippen molar-refractivity contribution in [2.45, 2.75) is 6.92 Å². The van der Waals surface area contributed by atoms with Gasteiger partial charge in [-0.3, -0.25) is 10.1 Å². The molecule has 0 radical (unpaired) electrons. The molecule has 0 atom stereocenters. The highest BCUT2D eigenvalue weighted by molar-refractivity contribution is 7.80. The van der Waals surface area contributed by atoms with Crippen molar-refractivity contribution in [2.24, 2.45) is 0 Å². The van der Waals surface area contributed by atoms with Gasteiger partial charge in [0.25, 0.3) is 5.91 Å². The van der Waals surface area contributed by atoms with Crippen molar-refractivity contribution >= 4 is 67.2 Å². The summed E-state index contributed by atoms with van der Waals surface area (Å²) in [6.45, 7) is 5.59. The molecule has 7 nitrogen and oxygen atoms in total. The minimum Gasteiger partial charge on any atom is -0.492 e. The first-order valence-electron chi connectivity index (χ1n) is 9.81. The monoisotopic (exact) mass is 476 g/mol. The molecular formula is C21H21ClN4O3S2. The molecule has 3 aromatic rings. The standard InChI is InChI=1S/C21H21ClN4O3S2/c1-2-29-17-6-3-13(11-15(17)22)19(27)24-20(30)25-21-23-16-5-4-14(12-18(16)31-21)26-7-9-28-10-8-26/h3-6,11-12H,2,7-10H2,1H3,(H2,23,24,25,27,30). The lowest BCUT2D eigenvalue weighted by atomic mass is 10.2. The van der Waals surface area contributed by atoms with Crippen molar-refractivity contribution in [1.29, 1.82) is 0 Å². The highest BCUT2D eigenvalue weighted by Crippen LogP contribution is 2.30. The van der Waals surface area contributed by atoms with E-state index in [1.807, 2.05) is 13.0 Å². The van der Waals surface area contributed by atoms with Crippen molar-refractivity contribution < 1.29 is 14.3 Å². The van der Waals surface area contributed by atoms with Gasteiger partial charge < -0.3 is 19.7 Å². The van der Waals surface area contributed by atoms with Crippen LogP contribution in [0.2, 0.25) is 5.02 Å². The van der Waals surface area contributed by atoms with E-state index in [1.54, 1.807) is 18.2 Å². The number of fused-ring (bicyclic) bond motifs is 1. The number of amides is 1. The number of ether oxygens (including phenoxy) is 2. The lowest BCUT2D eigenvalue weighted by molar-refractivity contribution is 0.0977. The molecule has 0 unspecified atom stereocenters. The van der Waals surface area contributed by atoms with Gasteiger partial charge in [0.15, 0.2) is 10.2 Å². The number of hydrogen-bond donors (Lipinski definition) is 2. The Labute approximate surface area is 194 Å². The van der Waals surface area contributed by atoms with Gasteiger partial charge in [0.2, 0.25) is 0 Å². The van der Waals surface area contributed by atoms with Gasteiger partial charge in [-0.2, -0.15) is 0 Å². The van der Waals surface area contributed by atoms with Crippen LogP contribution in [0.15, 0.2) is 36.4 Å². The molecule has 1 amide bonds. The van der Waals surface area contributed by atoms with Crippen LogP contribution in [0.1, 0.15) is 17.3 Å². The Balaban J connectivity index is 1.40. The van der Waals surface area contributed by atoms with E-state index in [4.69, 9.17) is 33.3 Å². The Hall–Kier alpha value is -2.46. The van der Waals surface area contributed by atoms with E-state index in [2.05, 4.69) is 32.7 Å². The summed E-state index contributed by atoms with van der Waals surface area (Å²) < 4.78 is 11.8. The number of rotatable bonds is 5. The van der Waals surface area contributed by atoms with Gasteiger partial charge in [-0.1, -0.05) is 22.9 Å². The second kappa shape index (κ2) is 9.78. The number of hydrogen-bond acceptors (Lipinski definition) is 7. The summed E-state index contributed by atoms with van der Waals surface area (Å²) in [5.74, 6) is 0.172. The molecule has 0 aliphatic carbocycles. The summed E-state index contributed by atoms with van der Waals surface area (Å²) in [6, 6.07) is 11.0. The van der Waals surface area contributed by atoms with E-state index in [0.717, 1.165) is 42.2 Å². The smallest absolute Gasteiger partial charge is 0.257 e. The van der Waals surface area contributed by atoms with Gasteiger partial charge in [-0.05, 0) is 55.5 Å². The van der Waals surface area contributed by atoms with Crippen LogP contribution in [0.5, 0.6) is 5.75 Å². The third-order valence-electron chi connectivity index (χ3n) is 4.69. The summed E-state index contributed by atoms with van der Waals surface area (Å²) in [4.78, 5) is 19.3. The predicted molar refractivity (Wildman–Crippen MR) is 129 cm³/mol. The van der Waals surface area contributed by atoms with Crippen molar-refractivity contribution in [2.75, 3.05) is 43.1 Å². The largest absolute Gasteiger partial charge is 0.492 e. The number of halogens is 1. The van der Waals surface area contributed by atoms with E-state index in [9.17, 15) is 4.79 Å². The first-order chi connectivity index (χ1) is 15.0. The number of benzene rings is 2. The second-order valence-corrected chi connectivity index (χ2v) is 8.60. The number of carbonyl (C=O) groups excluding carboxylic acids is 1. The average Bonchev–Trinajstić information content (AvgIpc) is 3.17. The van der Waals surface area contributed by atoms with Crippen LogP contribution < -0.4 is 20.3 Å². The summed E-state index contributed by atoms with van der Waals surface area (Å²) in [7, 11) is 0. The third kappa shape index (κ3) is 5.24. The molecular weight excluding hydrogens is 456 g/mol. The van der Waals surface area contributed by atoms with Crippen LogP contribution in [0, 0.1) is 0 Å². The Kier molecular flexibility index (Phi) is 6.86. The molecule has 0 spiro atoms. The number of nitrogens with zero attached hydrogens (tertiary/aromatic N) is 2. The zero-order valence-electron chi connectivity index (χ0n) is 16.8. The summed E-state index contributed by atoms with van der Waals surface area (Å²) >= 11 is 12.9. The molecule has 1 aliphatic heterocycles. The maximum Gasteiger partial charge on any atom is 0.257 e. The van der Waals surface area contributed by atoms with Gasteiger partial charge >= 0.3 is 0 Å². The van der Waals surface area contributed by atoms with E-state index < -0.39 is 0 Å². The van der Waals surface area contributed by atoms with Crippen LogP contribution in [-0.4, -0.2) is 48.9 Å². The SMILES string of the molecule is CCOc1ccc(C(=O)NC(=S)Nc2nc3ccc(N4CCOCC4)cc3s2)cc1Cl. The number of aromatic nitrogens is 1. The number of anilines is 2.